The number of carbonyl (C=O) groups is 1. The molecule has 0 fully saturated rings. The van der Waals surface area contributed by atoms with E-state index in [2.05, 4.69) is 10.2 Å². The number of hydrogen-bond donors (Lipinski definition) is 0. The van der Waals surface area contributed by atoms with Crippen molar-refractivity contribution in [2.75, 3.05) is 0 Å². The third-order valence-electron chi connectivity index (χ3n) is 1.42. The van der Waals surface area contributed by atoms with Crippen LogP contribution in [0, 0.1) is 4.91 Å². The van der Waals surface area contributed by atoms with Gasteiger partial charge in [-0.25, -0.2) is 0 Å². The Hall–Kier alpha value is -1.58. The molecule has 0 aromatic carbocycles. The lowest BCUT2D eigenvalue weighted by Gasteiger charge is -1.94. The first-order valence-corrected chi connectivity index (χ1v) is 3.59. The SMILES string of the molecule is O=NC(=O)CCc1ccccn1. The third kappa shape index (κ3) is 2.57. The zero-order valence-corrected chi connectivity index (χ0v) is 6.43. The molecule has 1 rings (SSSR count). The number of aryl methyl sites for hydroxylation is 1. The van der Waals surface area contributed by atoms with Crippen molar-refractivity contribution >= 4 is 5.91 Å². The predicted octanol–water partition coefficient (Wildman–Crippen LogP) is 1.31. The second kappa shape index (κ2) is 4.33. The van der Waals surface area contributed by atoms with Gasteiger partial charge in [0.15, 0.2) is 0 Å². The van der Waals surface area contributed by atoms with E-state index >= 15 is 0 Å². The molecule has 4 nitrogen and oxygen atoms in total. The van der Waals surface area contributed by atoms with Crippen molar-refractivity contribution in [1.82, 2.24) is 4.98 Å². The summed E-state index contributed by atoms with van der Waals surface area (Å²) in [6.45, 7) is 0. The van der Waals surface area contributed by atoms with Gasteiger partial charge < -0.3 is 0 Å². The second-order valence-corrected chi connectivity index (χ2v) is 2.31. The van der Waals surface area contributed by atoms with Crippen molar-refractivity contribution in [2.24, 2.45) is 5.18 Å². The number of nitrogens with zero attached hydrogens (tertiary/aromatic N) is 2. The Kier molecular flexibility index (Phi) is 3.07. The summed E-state index contributed by atoms with van der Waals surface area (Å²) in [5.74, 6) is -0.624. The van der Waals surface area contributed by atoms with Crippen LogP contribution in [0.1, 0.15) is 12.1 Å². The van der Waals surface area contributed by atoms with Crippen molar-refractivity contribution in [2.45, 2.75) is 12.8 Å². The van der Waals surface area contributed by atoms with Gasteiger partial charge >= 0.3 is 0 Å². The zero-order chi connectivity index (χ0) is 8.81. The monoisotopic (exact) mass is 164 g/mol. The van der Waals surface area contributed by atoms with E-state index in [9.17, 15) is 9.70 Å². The Morgan fingerprint density at radius 2 is 2.33 bits per heavy atom. The summed E-state index contributed by atoms with van der Waals surface area (Å²) in [4.78, 5) is 24.2. The molecule has 1 aromatic heterocycles. The van der Waals surface area contributed by atoms with Crippen LogP contribution in [0.3, 0.4) is 0 Å². The number of hydrogen-bond acceptors (Lipinski definition) is 3. The van der Waals surface area contributed by atoms with Crippen LogP contribution in [0.25, 0.3) is 0 Å². The summed E-state index contributed by atoms with van der Waals surface area (Å²) in [5, 5.41) is 2.29. The molecule has 12 heavy (non-hydrogen) atoms. The Labute approximate surface area is 69.6 Å². The molecule has 0 atom stereocenters. The van der Waals surface area contributed by atoms with Crippen molar-refractivity contribution in [3.8, 4) is 0 Å². The normalized spacial score (nSPS) is 9.33. The highest BCUT2D eigenvalue weighted by atomic mass is 16.3. The predicted molar refractivity (Wildman–Crippen MR) is 43.4 cm³/mol. The van der Waals surface area contributed by atoms with Crippen LogP contribution in [-0.2, 0) is 11.2 Å². The minimum Gasteiger partial charge on any atom is -0.269 e. The Bertz CT molecular complexity index is 272. The smallest absolute Gasteiger partial charge is 0.269 e. The molecule has 0 saturated carbocycles. The summed E-state index contributed by atoms with van der Waals surface area (Å²) in [6.07, 6.45) is 2.26. The minimum absolute atomic E-state index is 0.139. The summed E-state index contributed by atoms with van der Waals surface area (Å²) in [5.41, 5.74) is 0.800. The maximum atomic E-state index is 10.5. The summed E-state index contributed by atoms with van der Waals surface area (Å²) < 4.78 is 0. The molecular formula is C8H8N2O2. The van der Waals surface area contributed by atoms with Crippen molar-refractivity contribution < 1.29 is 4.79 Å². The van der Waals surface area contributed by atoms with Crippen molar-refractivity contribution in [3.05, 3.63) is 35.0 Å². The highest BCUT2D eigenvalue weighted by Crippen LogP contribution is 1.98. The van der Waals surface area contributed by atoms with Crippen molar-refractivity contribution in [3.63, 3.8) is 0 Å². The molecule has 0 spiro atoms. The zero-order valence-electron chi connectivity index (χ0n) is 6.43. The van der Waals surface area contributed by atoms with Gasteiger partial charge in [-0.2, -0.15) is 0 Å². The maximum Gasteiger partial charge on any atom is 0.286 e. The molecule has 0 bridgehead atoms. The van der Waals surface area contributed by atoms with Crippen LogP contribution in [0.2, 0.25) is 0 Å². The number of rotatable bonds is 3. The third-order valence-corrected chi connectivity index (χ3v) is 1.42. The first-order valence-electron chi connectivity index (χ1n) is 3.59. The Morgan fingerprint density at radius 1 is 1.50 bits per heavy atom. The van der Waals surface area contributed by atoms with E-state index in [4.69, 9.17) is 0 Å². The lowest BCUT2D eigenvalue weighted by Crippen LogP contribution is -1.96. The van der Waals surface area contributed by atoms with Gasteiger partial charge in [0.25, 0.3) is 5.91 Å². The van der Waals surface area contributed by atoms with Crippen molar-refractivity contribution in [1.29, 1.82) is 0 Å². The largest absolute Gasteiger partial charge is 0.286 e. The van der Waals surface area contributed by atoms with Gasteiger partial charge in [-0.3, -0.25) is 9.78 Å². The van der Waals surface area contributed by atoms with Crippen LogP contribution in [0.15, 0.2) is 29.6 Å². The molecule has 1 aromatic rings. The highest BCUT2D eigenvalue weighted by molar-refractivity contribution is 5.76. The second-order valence-electron chi connectivity index (χ2n) is 2.31. The van der Waals surface area contributed by atoms with Crippen LogP contribution in [0.4, 0.5) is 0 Å². The quantitative estimate of drug-likeness (QED) is 0.633. The molecule has 0 unspecified atom stereocenters. The fourth-order valence-corrected chi connectivity index (χ4v) is 0.827. The first kappa shape index (κ1) is 8.52. The van der Waals surface area contributed by atoms with E-state index in [1.807, 2.05) is 6.07 Å². The van der Waals surface area contributed by atoms with E-state index in [1.54, 1.807) is 18.3 Å². The molecule has 4 heteroatoms. The average molecular weight is 164 g/mol. The van der Waals surface area contributed by atoms with Gasteiger partial charge in [-0.05, 0) is 18.6 Å². The number of nitroso groups, excluding NO2 is 1. The Balaban J connectivity index is 2.43. The molecule has 0 aliphatic heterocycles. The van der Waals surface area contributed by atoms with E-state index in [1.165, 1.54) is 0 Å². The standard InChI is InChI=1S/C8H8N2O2/c11-8(10-12)5-4-7-3-1-2-6-9-7/h1-3,6H,4-5H2. The number of aromatic nitrogens is 1. The molecular weight excluding hydrogens is 156 g/mol. The molecule has 0 radical (unpaired) electrons. The topological polar surface area (TPSA) is 59.4 Å². The number of carbonyl (C=O) groups excluding carboxylic acids is 1. The lowest BCUT2D eigenvalue weighted by atomic mass is 10.2. The highest BCUT2D eigenvalue weighted by Gasteiger charge is 2.01. The van der Waals surface area contributed by atoms with E-state index in [0.717, 1.165) is 5.69 Å². The number of amides is 1. The minimum atomic E-state index is -0.624. The van der Waals surface area contributed by atoms with Gasteiger partial charge in [0, 0.05) is 23.5 Å². The lowest BCUT2D eigenvalue weighted by molar-refractivity contribution is -0.117. The van der Waals surface area contributed by atoms with Gasteiger partial charge in [0.1, 0.15) is 0 Å². The molecule has 0 saturated heterocycles. The fraction of sp³-hybridized carbons (Fsp3) is 0.250. The van der Waals surface area contributed by atoms with Gasteiger partial charge in [0.2, 0.25) is 0 Å². The summed E-state index contributed by atoms with van der Waals surface area (Å²) >= 11 is 0. The van der Waals surface area contributed by atoms with E-state index in [-0.39, 0.29) is 6.42 Å². The van der Waals surface area contributed by atoms with Crippen LogP contribution >= 0.6 is 0 Å². The van der Waals surface area contributed by atoms with E-state index < -0.39 is 5.91 Å². The van der Waals surface area contributed by atoms with Gasteiger partial charge in [0.05, 0.1) is 0 Å². The van der Waals surface area contributed by atoms with Gasteiger partial charge in [-0.15, -0.1) is 4.91 Å². The Morgan fingerprint density at radius 3 is 2.92 bits per heavy atom. The molecule has 0 aliphatic carbocycles. The van der Waals surface area contributed by atoms with Crippen LogP contribution in [0.5, 0.6) is 0 Å². The van der Waals surface area contributed by atoms with Gasteiger partial charge in [-0.1, -0.05) is 6.07 Å². The summed E-state index contributed by atoms with van der Waals surface area (Å²) in [7, 11) is 0. The molecule has 1 amide bonds. The molecule has 0 aliphatic rings. The van der Waals surface area contributed by atoms with Crippen LogP contribution in [-0.4, -0.2) is 10.9 Å². The average Bonchev–Trinajstić information content (AvgIpc) is 2.16. The van der Waals surface area contributed by atoms with Crippen LogP contribution < -0.4 is 0 Å². The molecule has 62 valence electrons. The molecule has 1 heterocycles. The number of pyridine rings is 1. The fourth-order valence-electron chi connectivity index (χ4n) is 0.827. The first-order chi connectivity index (χ1) is 5.83. The van der Waals surface area contributed by atoms with E-state index in [0.29, 0.717) is 6.42 Å². The molecule has 0 N–H and O–H groups in total. The summed E-state index contributed by atoms with van der Waals surface area (Å²) in [6, 6.07) is 5.43. The maximum absolute atomic E-state index is 10.5.